The smallest absolute Gasteiger partial charge is 0.261 e. The normalized spacial score (nSPS) is 15.1. The molecule has 0 fully saturated rings. The fraction of sp³-hybridized carbons (Fsp3) is 0.273. The lowest BCUT2D eigenvalue weighted by Crippen LogP contribution is -2.35. The van der Waals surface area contributed by atoms with Crippen molar-refractivity contribution < 1.29 is 9.59 Å². The van der Waals surface area contributed by atoms with E-state index in [1.54, 1.807) is 18.2 Å². The van der Waals surface area contributed by atoms with Crippen LogP contribution in [0.15, 0.2) is 22.7 Å². The molecular weight excluding hydrogens is 258 g/mol. The lowest BCUT2D eigenvalue weighted by Gasteiger charge is -2.17. The highest BCUT2D eigenvalue weighted by atomic mass is 79.9. The predicted octanol–water partition coefficient (Wildman–Crippen LogP) is 2.45. The summed E-state index contributed by atoms with van der Waals surface area (Å²) >= 11 is 3.29. The monoisotopic (exact) mass is 267 g/mol. The maximum atomic E-state index is 11.9. The average molecular weight is 268 g/mol. The van der Waals surface area contributed by atoms with Crippen LogP contribution in [0.2, 0.25) is 0 Å². The zero-order chi connectivity index (χ0) is 11.2. The van der Waals surface area contributed by atoms with Gasteiger partial charge in [0.05, 0.1) is 11.1 Å². The first kappa shape index (κ1) is 10.4. The van der Waals surface area contributed by atoms with Gasteiger partial charge in [-0.25, -0.2) is 0 Å². The summed E-state index contributed by atoms with van der Waals surface area (Å²) in [5.41, 5.74) is 0.986. The summed E-state index contributed by atoms with van der Waals surface area (Å²) in [5, 5.41) is 0. The fourth-order valence-corrected chi connectivity index (χ4v) is 2.06. The van der Waals surface area contributed by atoms with Crippen molar-refractivity contribution in [1.82, 2.24) is 4.90 Å². The molecule has 1 aromatic carbocycles. The molecule has 1 heterocycles. The van der Waals surface area contributed by atoms with Crippen LogP contribution in [0, 0.1) is 0 Å². The summed E-state index contributed by atoms with van der Waals surface area (Å²) < 4.78 is 0.813. The van der Waals surface area contributed by atoms with Crippen molar-refractivity contribution in [3.63, 3.8) is 0 Å². The molecule has 1 aliphatic rings. The molecule has 0 saturated heterocycles. The van der Waals surface area contributed by atoms with Gasteiger partial charge < -0.3 is 0 Å². The van der Waals surface area contributed by atoms with Gasteiger partial charge in [-0.2, -0.15) is 0 Å². The van der Waals surface area contributed by atoms with Crippen LogP contribution in [0.5, 0.6) is 0 Å². The average Bonchev–Trinajstić information content (AvgIpc) is 2.39. The maximum absolute atomic E-state index is 11.9. The first-order chi connectivity index (χ1) is 7.02. The Bertz CT molecular complexity index is 454. The van der Waals surface area contributed by atoms with Crippen LogP contribution in [0.25, 0.3) is 0 Å². The van der Waals surface area contributed by atoms with E-state index in [1.807, 2.05) is 13.8 Å². The minimum Gasteiger partial charge on any atom is -0.272 e. The van der Waals surface area contributed by atoms with Crippen molar-refractivity contribution >= 4 is 27.7 Å². The molecule has 4 heteroatoms. The molecule has 0 radical (unpaired) electrons. The molecule has 0 unspecified atom stereocenters. The van der Waals surface area contributed by atoms with E-state index in [2.05, 4.69) is 15.9 Å². The second-order valence-electron chi connectivity index (χ2n) is 3.76. The van der Waals surface area contributed by atoms with Gasteiger partial charge in [-0.1, -0.05) is 15.9 Å². The molecule has 0 bridgehead atoms. The second-order valence-corrected chi connectivity index (χ2v) is 4.68. The van der Waals surface area contributed by atoms with Gasteiger partial charge in [0.1, 0.15) is 0 Å². The molecule has 15 heavy (non-hydrogen) atoms. The quantitative estimate of drug-likeness (QED) is 0.733. The summed E-state index contributed by atoms with van der Waals surface area (Å²) in [4.78, 5) is 25.0. The molecule has 1 aliphatic heterocycles. The predicted molar refractivity (Wildman–Crippen MR) is 59.8 cm³/mol. The molecule has 2 amide bonds. The molecule has 0 N–H and O–H groups in total. The third-order valence-electron chi connectivity index (χ3n) is 2.40. The molecule has 0 aromatic heterocycles. The Morgan fingerprint density at radius 2 is 1.73 bits per heavy atom. The van der Waals surface area contributed by atoms with Crippen molar-refractivity contribution in [3.05, 3.63) is 33.8 Å². The Kier molecular flexibility index (Phi) is 2.38. The van der Waals surface area contributed by atoms with E-state index in [0.29, 0.717) is 11.1 Å². The van der Waals surface area contributed by atoms with Crippen molar-refractivity contribution in [3.8, 4) is 0 Å². The number of amides is 2. The van der Waals surface area contributed by atoms with Crippen molar-refractivity contribution in [2.75, 3.05) is 0 Å². The minimum absolute atomic E-state index is 0.101. The Morgan fingerprint density at radius 1 is 1.13 bits per heavy atom. The lowest BCUT2D eigenvalue weighted by atomic mass is 10.1. The zero-order valence-electron chi connectivity index (χ0n) is 8.45. The van der Waals surface area contributed by atoms with E-state index in [9.17, 15) is 9.59 Å². The number of nitrogens with zero attached hydrogens (tertiary/aromatic N) is 1. The number of carbonyl (C=O) groups excluding carboxylic acids is 2. The highest BCUT2D eigenvalue weighted by Gasteiger charge is 2.36. The van der Waals surface area contributed by atoms with Gasteiger partial charge in [-0.3, -0.25) is 14.5 Å². The lowest BCUT2D eigenvalue weighted by molar-refractivity contribution is 0.0609. The molecular formula is C11H10BrNO2. The largest absolute Gasteiger partial charge is 0.272 e. The van der Waals surface area contributed by atoms with Gasteiger partial charge in [0.2, 0.25) is 0 Å². The molecule has 1 aromatic rings. The highest BCUT2D eigenvalue weighted by molar-refractivity contribution is 9.10. The van der Waals surface area contributed by atoms with Crippen LogP contribution < -0.4 is 0 Å². The Labute approximate surface area is 96.2 Å². The highest BCUT2D eigenvalue weighted by Crippen LogP contribution is 2.27. The molecule has 0 spiro atoms. The third-order valence-corrected chi connectivity index (χ3v) is 2.89. The molecule has 0 aliphatic carbocycles. The summed E-state index contributed by atoms with van der Waals surface area (Å²) in [5.74, 6) is -0.399. The van der Waals surface area contributed by atoms with Crippen LogP contribution in [-0.2, 0) is 0 Å². The SMILES string of the molecule is CC(C)N1C(=O)c2ccc(Br)cc2C1=O. The molecule has 3 nitrogen and oxygen atoms in total. The van der Waals surface area contributed by atoms with Gasteiger partial charge in [0.25, 0.3) is 11.8 Å². The van der Waals surface area contributed by atoms with E-state index in [1.165, 1.54) is 4.90 Å². The Hall–Kier alpha value is -1.16. The third kappa shape index (κ3) is 1.49. The van der Waals surface area contributed by atoms with E-state index in [-0.39, 0.29) is 17.9 Å². The topological polar surface area (TPSA) is 37.4 Å². The van der Waals surface area contributed by atoms with E-state index >= 15 is 0 Å². The number of hydrogen-bond donors (Lipinski definition) is 0. The van der Waals surface area contributed by atoms with Crippen LogP contribution >= 0.6 is 15.9 Å². The van der Waals surface area contributed by atoms with Gasteiger partial charge in [-0.05, 0) is 32.0 Å². The van der Waals surface area contributed by atoms with Crippen molar-refractivity contribution in [2.45, 2.75) is 19.9 Å². The first-order valence-electron chi connectivity index (χ1n) is 4.70. The van der Waals surface area contributed by atoms with Crippen LogP contribution in [0.4, 0.5) is 0 Å². The number of imide groups is 1. The number of carbonyl (C=O) groups is 2. The summed E-state index contributed by atoms with van der Waals surface area (Å²) in [6, 6.07) is 5.05. The maximum Gasteiger partial charge on any atom is 0.261 e. The summed E-state index contributed by atoms with van der Waals surface area (Å²) in [7, 11) is 0. The Morgan fingerprint density at radius 3 is 2.33 bits per heavy atom. The van der Waals surface area contributed by atoms with Crippen LogP contribution in [0.1, 0.15) is 34.6 Å². The van der Waals surface area contributed by atoms with Gasteiger partial charge in [-0.15, -0.1) is 0 Å². The molecule has 0 saturated carbocycles. The molecule has 2 rings (SSSR count). The first-order valence-corrected chi connectivity index (χ1v) is 5.49. The zero-order valence-corrected chi connectivity index (χ0v) is 10.0. The Balaban J connectivity index is 2.56. The summed E-state index contributed by atoms with van der Waals surface area (Å²) in [6.07, 6.45) is 0. The number of rotatable bonds is 1. The number of hydrogen-bond acceptors (Lipinski definition) is 2. The van der Waals surface area contributed by atoms with Gasteiger partial charge >= 0.3 is 0 Å². The van der Waals surface area contributed by atoms with Crippen LogP contribution in [0.3, 0.4) is 0 Å². The van der Waals surface area contributed by atoms with Crippen molar-refractivity contribution in [1.29, 1.82) is 0 Å². The number of halogens is 1. The second kappa shape index (κ2) is 3.45. The van der Waals surface area contributed by atoms with Crippen LogP contribution in [-0.4, -0.2) is 22.8 Å². The fourth-order valence-electron chi connectivity index (χ4n) is 1.70. The summed E-state index contributed by atoms with van der Waals surface area (Å²) in [6.45, 7) is 3.66. The van der Waals surface area contributed by atoms with E-state index in [0.717, 1.165) is 4.47 Å². The molecule has 78 valence electrons. The van der Waals surface area contributed by atoms with Crippen molar-refractivity contribution in [2.24, 2.45) is 0 Å². The standard InChI is InChI=1S/C11H10BrNO2/c1-6(2)13-10(14)8-4-3-7(12)5-9(8)11(13)15/h3-6H,1-2H3. The van der Waals surface area contributed by atoms with E-state index < -0.39 is 0 Å². The number of fused-ring (bicyclic) bond motifs is 1. The van der Waals surface area contributed by atoms with Gasteiger partial charge in [0.15, 0.2) is 0 Å². The molecule has 0 atom stereocenters. The van der Waals surface area contributed by atoms with Gasteiger partial charge in [0, 0.05) is 10.5 Å². The van der Waals surface area contributed by atoms with E-state index in [4.69, 9.17) is 0 Å². The minimum atomic E-state index is -0.202. The number of benzene rings is 1.